The van der Waals surface area contributed by atoms with Gasteiger partial charge in [0.15, 0.2) is 5.96 Å². The number of rotatable bonds is 4. The summed E-state index contributed by atoms with van der Waals surface area (Å²) in [6.07, 6.45) is 5.10. The molecule has 1 aliphatic heterocycles. The summed E-state index contributed by atoms with van der Waals surface area (Å²) >= 11 is 0. The van der Waals surface area contributed by atoms with Gasteiger partial charge in [0.05, 0.1) is 6.54 Å². The molecule has 2 rings (SSSR count). The summed E-state index contributed by atoms with van der Waals surface area (Å²) in [5.41, 5.74) is 8.68. The molecule has 1 fully saturated rings. The Bertz CT molecular complexity index is 448. The van der Waals surface area contributed by atoms with Crippen LogP contribution in [-0.4, -0.2) is 42.9 Å². The molecule has 22 heavy (non-hydrogen) atoms. The van der Waals surface area contributed by atoms with Crippen molar-refractivity contribution in [3.8, 4) is 0 Å². The second kappa shape index (κ2) is 10.0. The molecule has 1 aromatic rings. The fourth-order valence-electron chi connectivity index (χ4n) is 2.69. The Morgan fingerprint density at radius 1 is 1.05 bits per heavy atom. The molecule has 0 spiro atoms. The molecular weight excluding hydrogens is 387 g/mol. The summed E-state index contributed by atoms with van der Waals surface area (Å²) < 4.78 is 0. The minimum atomic E-state index is 0. The lowest BCUT2D eigenvalue weighted by Crippen LogP contribution is -2.38. The molecule has 1 aromatic carbocycles. The van der Waals surface area contributed by atoms with E-state index in [2.05, 4.69) is 53.2 Å². The highest BCUT2D eigenvalue weighted by Crippen LogP contribution is 2.10. The Hall–Kier alpha value is -0.820. The van der Waals surface area contributed by atoms with Crippen molar-refractivity contribution in [3.63, 3.8) is 0 Å². The third-order valence-corrected chi connectivity index (χ3v) is 3.88. The Labute approximate surface area is 151 Å². The van der Waals surface area contributed by atoms with E-state index in [1.165, 1.54) is 36.8 Å². The van der Waals surface area contributed by atoms with Crippen LogP contribution in [-0.2, 0) is 13.1 Å². The minimum Gasteiger partial charge on any atom is -0.370 e. The maximum Gasteiger partial charge on any atom is 0.191 e. The number of nitrogens with two attached hydrogens (primary N) is 1. The average molecular weight is 416 g/mol. The second-order valence-electron chi connectivity index (χ2n) is 6.13. The van der Waals surface area contributed by atoms with Crippen LogP contribution in [0, 0.1) is 0 Å². The highest BCUT2D eigenvalue weighted by atomic mass is 127. The van der Waals surface area contributed by atoms with Gasteiger partial charge in [-0.15, -0.1) is 24.0 Å². The van der Waals surface area contributed by atoms with Crippen molar-refractivity contribution >= 4 is 29.9 Å². The zero-order chi connectivity index (χ0) is 15.1. The quantitative estimate of drug-likeness (QED) is 0.466. The molecule has 0 radical (unpaired) electrons. The lowest BCUT2D eigenvalue weighted by atomic mass is 10.1. The Balaban J connectivity index is 0.00000242. The van der Waals surface area contributed by atoms with Crippen molar-refractivity contribution in [3.05, 3.63) is 35.4 Å². The molecule has 1 saturated heterocycles. The lowest BCUT2D eigenvalue weighted by molar-refractivity contribution is 0.402. The van der Waals surface area contributed by atoms with Crippen LogP contribution >= 0.6 is 24.0 Å². The molecule has 5 heteroatoms. The van der Waals surface area contributed by atoms with E-state index in [-0.39, 0.29) is 24.0 Å². The van der Waals surface area contributed by atoms with Crippen LogP contribution in [0.5, 0.6) is 0 Å². The van der Waals surface area contributed by atoms with Gasteiger partial charge in [0.2, 0.25) is 0 Å². The van der Waals surface area contributed by atoms with Crippen LogP contribution in [0.2, 0.25) is 0 Å². The first-order valence-electron chi connectivity index (χ1n) is 7.92. The van der Waals surface area contributed by atoms with Crippen LogP contribution in [0.1, 0.15) is 36.8 Å². The number of nitrogens with zero attached hydrogens (tertiary/aromatic N) is 3. The molecule has 0 bridgehead atoms. The Morgan fingerprint density at radius 2 is 1.59 bits per heavy atom. The minimum absolute atomic E-state index is 0. The largest absolute Gasteiger partial charge is 0.370 e. The summed E-state index contributed by atoms with van der Waals surface area (Å²) in [4.78, 5) is 8.96. The van der Waals surface area contributed by atoms with Crippen LogP contribution in [0.25, 0.3) is 0 Å². The maximum absolute atomic E-state index is 6.13. The van der Waals surface area contributed by atoms with Crippen molar-refractivity contribution in [2.24, 2.45) is 10.7 Å². The molecule has 0 unspecified atom stereocenters. The third kappa shape index (κ3) is 6.52. The number of benzene rings is 1. The first-order chi connectivity index (χ1) is 10.1. The monoisotopic (exact) mass is 416 g/mol. The topological polar surface area (TPSA) is 44.9 Å². The summed E-state index contributed by atoms with van der Waals surface area (Å²) in [7, 11) is 4.17. The van der Waals surface area contributed by atoms with Gasteiger partial charge in [-0.25, -0.2) is 4.99 Å². The predicted octanol–water partition coefficient (Wildman–Crippen LogP) is 3.06. The number of aliphatic imine (C=N–C) groups is 1. The summed E-state index contributed by atoms with van der Waals surface area (Å²) in [6.45, 7) is 3.75. The zero-order valence-electron chi connectivity index (χ0n) is 13.8. The standard InChI is InChI=1S/C17H28N4.HI/c1-20(2)14-16-9-7-15(8-10-16)13-19-17(18)21-11-5-3-4-6-12-21;/h7-10H,3-6,11-14H2,1-2H3,(H2,18,19);1H. The number of halogens is 1. The van der Waals surface area contributed by atoms with Crippen molar-refractivity contribution in [1.29, 1.82) is 0 Å². The van der Waals surface area contributed by atoms with Gasteiger partial charge in [-0.05, 0) is 38.1 Å². The van der Waals surface area contributed by atoms with E-state index in [1.54, 1.807) is 0 Å². The van der Waals surface area contributed by atoms with Crippen LogP contribution in [0.4, 0.5) is 0 Å². The molecule has 0 aliphatic carbocycles. The highest BCUT2D eigenvalue weighted by molar-refractivity contribution is 14.0. The molecule has 0 saturated carbocycles. The summed E-state index contributed by atoms with van der Waals surface area (Å²) in [5, 5.41) is 0. The summed E-state index contributed by atoms with van der Waals surface area (Å²) in [6, 6.07) is 8.65. The molecule has 0 atom stereocenters. The first kappa shape index (κ1) is 19.2. The lowest BCUT2D eigenvalue weighted by Gasteiger charge is -2.21. The molecule has 124 valence electrons. The van der Waals surface area contributed by atoms with Gasteiger partial charge in [-0.3, -0.25) is 0 Å². The van der Waals surface area contributed by atoms with Gasteiger partial charge in [-0.2, -0.15) is 0 Å². The van der Waals surface area contributed by atoms with Crippen molar-refractivity contribution in [1.82, 2.24) is 9.80 Å². The van der Waals surface area contributed by atoms with E-state index in [0.717, 1.165) is 19.6 Å². The molecule has 2 N–H and O–H groups in total. The molecular formula is C17H29IN4. The Kier molecular flexibility index (Phi) is 8.78. The average Bonchev–Trinajstić information content (AvgIpc) is 2.75. The number of hydrogen-bond acceptors (Lipinski definition) is 2. The zero-order valence-corrected chi connectivity index (χ0v) is 16.1. The molecule has 4 nitrogen and oxygen atoms in total. The maximum atomic E-state index is 6.13. The molecule has 0 aromatic heterocycles. The fraction of sp³-hybridized carbons (Fsp3) is 0.588. The second-order valence-corrected chi connectivity index (χ2v) is 6.13. The molecule has 1 heterocycles. The SMILES string of the molecule is CN(C)Cc1ccc(CN=C(N)N2CCCCCC2)cc1.I. The highest BCUT2D eigenvalue weighted by Gasteiger charge is 2.10. The van der Waals surface area contributed by atoms with E-state index >= 15 is 0 Å². The number of likely N-dealkylation sites (tertiary alicyclic amines) is 1. The normalized spacial score (nSPS) is 16.3. The molecule has 0 amide bonds. The van der Waals surface area contributed by atoms with Crippen molar-refractivity contribution in [2.75, 3.05) is 27.2 Å². The fourth-order valence-corrected chi connectivity index (χ4v) is 2.69. The number of guanidine groups is 1. The van der Waals surface area contributed by atoms with Gasteiger partial charge < -0.3 is 15.5 Å². The van der Waals surface area contributed by atoms with Crippen LogP contribution in [0.15, 0.2) is 29.3 Å². The van der Waals surface area contributed by atoms with Gasteiger partial charge in [0, 0.05) is 19.6 Å². The van der Waals surface area contributed by atoms with Crippen molar-refractivity contribution in [2.45, 2.75) is 38.8 Å². The van der Waals surface area contributed by atoms with Crippen LogP contribution < -0.4 is 5.73 Å². The van der Waals surface area contributed by atoms with Crippen LogP contribution in [0.3, 0.4) is 0 Å². The Morgan fingerprint density at radius 3 is 2.14 bits per heavy atom. The smallest absolute Gasteiger partial charge is 0.191 e. The first-order valence-corrected chi connectivity index (χ1v) is 7.92. The number of hydrogen-bond donors (Lipinski definition) is 1. The van der Waals surface area contributed by atoms with Gasteiger partial charge in [0.25, 0.3) is 0 Å². The van der Waals surface area contributed by atoms with E-state index in [4.69, 9.17) is 5.73 Å². The van der Waals surface area contributed by atoms with Gasteiger partial charge in [-0.1, -0.05) is 37.1 Å². The van der Waals surface area contributed by atoms with Gasteiger partial charge in [0.1, 0.15) is 0 Å². The van der Waals surface area contributed by atoms with Gasteiger partial charge >= 0.3 is 0 Å². The van der Waals surface area contributed by atoms with Crippen molar-refractivity contribution < 1.29 is 0 Å². The van der Waals surface area contributed by atoms with E-state index in [0.29, 0.717) is 12.5 Å². The van der Waals surface area contributed by atoms with E-state index in [9.17, 15) is 0 Å². The molecule has 1 aliphatic rings. The summed E-state index contributed by atoms with van der Waals surface area (Å²) in [5.74, 6) is 0.703. The van der Waals surface area contributed by atoms with E-state index in [1.807, 2.05) is 0 Å². The predicted molar refractivity (Wildman–Crippen MR) is 105 cm³/mol. The van der Waals surface area contributed by atoms with E-state index < -0.39 is 0 Å². The third-order valence-electron chi connectivity index (χ3n) is 3.88.